The fraction of sp³-hybridized carbons (Fsp3) is 0.250. The van der Waals surface area contributed by atoms with Crippen molar-refractivity contribution in [3.63, 3.8) is 0 Å². The molecule has 0 aliphatic heterocycles. The molecule has 5 heteroatoms. The van der Waals surface area contributed by atoms with E-state index in [1.807, 2.05) is 25.1 Å². The summed E-state index contributed by atoms with van der Waals surface area (Å²) in [6.07, 6.45) is 8.47. The van der Waals surface area contributed by atoms with Crippen molar-refractivity contribution in [3.05, 3.63) is 58.6 Å². The van der Waals surface area contributed by atoms with E-state index in [4.69, 9.17) is 11.6 Å². The average Bonchev–Trinajstić information content (AvgIpc) is 2.98. The van der Waals surface area contributed by atoms with E-state index < -0.39 is 0 Å². The highest BCUT2D eigenvalue weighted by molar-refractivity contribution is 6.31. The average molecular weight is 304 g/mol. The Morgan fingerprint density at radius 2 is 2.33 bits per heavy atom. The van der Waals surface area contributed by atoms with Crippen LogP contribution in [0.25, 0.3) is 6.08 Å². The number of imidazole rings is 1. The van der Waals surface area contributed by atoms with Gasteiger partial charge in [0.05, 0.1) is 0 Å². The van der Waals surface area contributed by atoms with Gasteiger partial charge in [-0.05, 0) is 36.6 Å². The number of H-pyrrole nitrogens is 1. The van der Waals surface area contributed by atoms with Crippen molar-refractivity contribution >= 4 is 23.6 Å². The monoisotopic (exact) mass is 303 g/mol. The van der Waals surface area contributed by atoms with Gasteiger partial charge in [0, 0.05) is 36.5 Å². The molecule has 0 aliphatic carbocycles. The van der Waals surface area contributed by atoms with Gasteiger partial charge in [0.2, 0.25) is 5.91 Å². The summed E-state index contributed by atoms with van der Waals surface area (Å²) in [7, 11) is 0. The fourth-order valence-corrected chi connectivity index (χ4v) is 2.03. The summed E-state index contributed by atoms with van der Waals surface area (Å²) >= 11 is 6.04. The lowest BCUT2D eigenvalue weighted by Crippen LogP contribution is -2.22. The zero-order valence-electron chi connectivity index (χ0n) is 11.9. The van der Waals surface area contributed by atoms with Gasteiger partial charge in [0.1, 0.15) is 5.82 Å². The van der Waals surface area contributed by atoms with E-state index in [0.717, 1.165) is 29.8 Å². The molecule has 0 bridgehead atoms. The van der Waals surface area contributed by atoms with Crippen LogP contribution in [0.5, 0.6) is 0 Å². The molecule has 1 aromatic carbocycles. The van der Waals surface area contributed by atoms with Crippen LogP contribution in [-0.2, 0) is 11.2 Å². The van der Waals surface area contributed by atoms with Crippen LogP contribution in [0.3, 0.4) is 0 Å². The van der Waals surface area contributed by atoms with Gasteiger partial charge in [-0.2, -0.15) is 0 Å². The Kier molecular flexibility index (Phi) is 5.58. The predicted octanol–water partition coefficient (Wildman–Crippen LogP) is 3.13. The fourth-order valence-electron chi connectivity index (χ4n) is 1.85. The number of nitrogens with zero attached hydrogens (tertiary/aromatic N) is 1. The number of nitrogens with one attached hydrogen (secondary N) is 2. The summed E-state index contributed by atoms with van der Waals surface area (Å²) in [5.41, 5.74) is 1.94. The molecule has 0 unspecified atom stereocenters. The van der Waals surface area contributed by atoms with Gasteiger partial charge in [-0.1, -0.05) is 23.7 Å². The summed E-state index contributed by atoms with van der Waals surface area (Å²) in [6, 6.07) is 5.71. The molecule has 0 saturated carbocycles. The van der Waals surface area contributed by atoms with Gasteiger partial charge in [0.25, 0.3) is 0 Å². The first-order chi connectivity index (χ1) is 10.1. The molecular weight excluding hydrogens is 286 g/mol. The molecule has 0 atom stereocenters. The van der Waals surface area contributed by atoms with Crippen LogP contribution in [0.1, 0.15) is 23.4 Å². The van der Waals surface area contributed by atoms with Crippen LogP contribution >= 0.6 is 11.6 Å². The number of carbonyl (C=O) groups is 1. The number of benzene rings is 1. The minimum Gasteiger partial charge on any atom is -0.353 e. The van der Waals surface area contributed by atoms with Crippen molar-refractivity contribution in [1.29, 1.82) is 0 Å². The zero-order chi connectivity index (χ0) is 15.1. The van der Waals surface area contributed by atoms with Crippen LogP contribution < -0.4 is 5.32 Å². The lowest BCUT2D eigenvalue weighted by molar-refractivity contribution is -0.116. The molecule has 2 aromatic rings. The summed E-state index contributed by atoms with van der Waals surface area (Å²) in [6.45, 7) is 2.57. The number of hydrogen-bond donors (Lipinski definition) is 2. The minimum atomic E-state index is -0.105. The standard InChI is InChI=1S/C16H18ClN3O/c1-12-4-5-13(11-14(12)17)6-7-16(21)20-8-2-3-15-18-9-10-19-15/h4-7,9-11H,2-3,8H2,1H3,(H,18,19)(H,20,21)/b7-6+. The number of aryl methyl sites for hydroxylation is 2. The second kappa shape index (κ2) is 7.64. The third-order valence-electron chi connectivity index (χ3n) is 3.07. The van der Waals surface area contributed by atoms with Crippen LogP contribution in [0, 0.1) is 6.92 Å². The molecule has 0 radical (unpaired) electrons. The molecule has 0 saturated heterocycles. The summed E-state index contributed by atoms with van der Waals surface area (Å²) < 4.78 is 0. The van der Waals surface area contributed by atoms with Crippen molar-refractivity contribution < 1.29 is 4.79 Å². The van der Waals surface area contributed by atoms with E-state index in [-0.39, 0.29) is 5.91 Å². The Bertz CT molecular complexity index is 620. The third-order valence-corrected chi connectivity index (χ3v) is 3.47. The maximum atomic E-state index is 11.7. The first kappa shape index (κ1) is 15.3. The maximum absolute atomic E-state index is 11.7. The Morgan fingerprint density at radius 3 is 3.05 bits per heavy atom. The third kappa shape index (κ3) is 5.08. The molecule has 0 spiro atoms. The number of rotatable bonds is 6. The van der Waals surface area contributed by atoms with Gasteiger partial charge >= 0.3 is 0 Å². The number of halogens is 1. The van der Waals surface area contributed by atoms with Crippen LogP contribution in [0.15, 0.2) is 36.7 Å². The second-order valence-electron chi connectivity index (χ2n) is 4.77. The Labute approximate surface area is 129 Å². The summed E-state index contributed by atoms with van der Waals surface area (Å²) in [5.74, 6) is 0.834. The van der Waals surface area contributed by atoms with Gasteiger partial charge in [-0.15, -0.1) is 0 Å². The van der Waals surface area contributed by atoms with Crippen molar-refractivity contribution in [2.24, 2.45) is 0 Å². The molecule has 0 aliphatic rings. The van der Waals surface area contributed by atoms with Crippen LogP contribution in [0.4, 0.5) is 0 Å². The van der Waals surface area contributed by atoms with E-state index in [0.29, 0.717) is 11.6 Å². The highest BCUT2D eigenvalue weighted by atomic mass is 35.5. The highest BCUT2D eigenvalue weighted by Gasteiger charge is 1.98. The van der Waals surface area contributed by atoms with Crippen LogP contribution in [0.2, 0.25) is 5.02 Å². The minimum absolute atomic E-state index is 0.105. The van der Waals surface area contributed by atoms with Gasteiger partial charge in [-0.25, -0.2) is 4.98 Å². The Morgan fingerprint density at radius 1 is 1.48 bits per heavy atom. The summed E-state index contributed by atoms with van der Waals surface area (Å²) in [4.78, 5) is 18.8. The molecule has 2 N–H and O–H groups in total. The quantitative estimate of drug-likeness (QED) is 0.636. The van der Waals surface area contributed by atoms with Gasteiger partial charge in [0.15, 0.2) is 0 Å². The molecule has 21 heavy (non-hydrogen) atoms. The first-order valence-electron chi connectivity index (χ1n) is 6.85. The molecule has 1 amide bonds. The summed E-state index contributed by atoms with van der Waals surface area (Å²) in [5, 5.41) is 3.55. The molecule has 0 fully saturated rings. The molecule has 110 valence electrons. The van der Waals surface area contributed by atoms with Crippen molar-refractivity contribution in [2.75, 3.05) is 6.54 Å². The second-order valence-corrected chi connectivity index (χ2v) is 5.18. The largest absolute Gasteiger partial charge is 0.353 e. The molecule has 2 rings (SSSR count). The van der Waals surface area contributed by atoms with Crippen molar-refractivity contribution in [2.45, 2.75) is 19.8 Å². The molecular formula is C16H18ClN3O. The number of carbonyl (C=O) groups excluding carboxylic acids is 1. The Hall–Kier alpha value is -2.07. The van der Waals surface area contributed by atoms with E-state index in [9.17, 15) is 4.79 Å². The number of aromatic amines is 1. The van der Waals surface area contributed by atoms with Crippen molar-refractivity contribution in [3.8, 4) is 0 Å². The molecule has 1 aromatic heterocycles. The van der Waals surface area contributed by atoms with E-state index in [1.165, 1.54) is 6.08 Å². The van der Waals surface area contributed by atoms with Crippen molar-refractivity contribution in [1.82, 2.24) is 15.3 Å². The normalized spacial score (nSPS) is 11.0. The van der Waals surface area contributed by atoms with E-state index >= 15 is 0 Å². The van der Waals surface area contributed by atoms with Gasteiger partial charge in [-0.3, -0.25) is 4.79 Å². The first-order valence-corrected chi connectivity index (χ1v) is 7.23. The smallest absolute Gasteiger partial charge is 0.243 e. The topological polar surface area (TPSA) is 57.8 Å². The van der Waals surface area contributed by atoms with E-state index in [2.05, 4.69) is 15.3 Å². The predicted molar refractivity (Wildman–Crippen MR) is 85.1 cm³/mol. The van der Waals surface area contributed by atoms with E-state index in [1.54, 1.807) is 18.5 Å². The lowest BCUT2D eigenvalue weighted by atomic mass is 10.1. The van der Waals surface area contributed by atoms with Crippen LogP contribution in [-0.4, -0.2) is 22.4 Å². The zero-order valence-corrected chi connectivity index (χ0v) is 12.7. The lowest BCUT2D eigenvalue weighted by Gasteiger charge is -2.01. The number of hydrogen-bond acceptors (Lipinski definition) is 2. The Balaban J connectivity index is 1.73. The number of aromatic nitrogens is 2. The maximum Gasteiger partial charge on any atom is 0.243 e. The number of amides is 1. The highest BCUT2D eigenvalue weighted by Crippen LogP contribution is 2.17. The SMILES string of the molecule is Cc1ccc(/C=C/C(=O)NCCCc2ncc[nH]2)cc1Cl. The molecule has 1 heterocycles. The van der Waals surface area contributed by atoms with Gasteiger partial charge < -0.3 is 10.3 Å². The molecule has 4 nitrogen and oxygen atoms in total.